The van der Waals surface area contributed by atoms with Crippen molar-refractivity contribution in [3.05, 3.63) is 47.5 Å². The van der Waals surface area contributed by atoms with Gasteiger partial charge in [0.2, 0.25) is 0 Å². The summed E-state index contributed by atoms with van der Waals surface area (Å²) in [6, 6.07) is 11.5. The number of carbonyl (C=O) groups excluding carboxylic acids is 2. The van der Waals surface area contributed by atoms with Crippen molar-refractivity contribution in [1.82, 2.24) is 10.6 Å². The number of fused-ring (bicyclic) bond motifs is 1. The Morgan fingerprint density at radius 2 is 1.83 bits per heavy atom. The van der Waals surface area contributed by atoms with Crippen molar-refractivity contribution >= 4 is 22.7 Å². The summed E-state index contributed by atoms with van der Waals surface area (Å²) in [4.78, 5) is 23.6. The second-order valence-electron chi connectivity index (χ2n) is 4.81. The Balaban J connectivity index is 2.08. The van der Waals surface area contributed by atoms with E-state index >= 15 is 0 Å². The van der Waals surface area contributed by atoms with Gasteiger partial charge < -0.3 is 5.32 Å². The van der Waals surface area contributed by atoms with E-state index in [9.17, 15) is 9.59 Å². The molecule has 0 aromatic heterocycles. The molecule has 1 aliphatic carbocycles. The summed E-state index contributed by atoms with van der Waals surface area (Å²) in [5, 5.41) is 7.33. The van der Waals surface area contributed by atoms with Gasteiger partial charge in [0, 0.05) is 6.42 Å². The fourth-order valence-electron chi connectivity index (χ4n) is 3.11. The lowest BCUT2D eigenvalue weighted by Crippen LogP contribution is -2.43. The predicted octanol–water partition coefficient (Wildman–Crippen LogP) is 1.43. The van der Waals surface area contributed by atoms with Crippen LogP contribution < -0.4 is 10.6 Å². The average Bonchev–Trinajstić information content (AvgIpc) is 2.82. The van der Waals surface area contributed by atoms with Crippen LogP contribution in [0.15, 0.2) is 36.4 Å². The molecule has 0 bridgehead atoms. The maximum Gasteiger partial charge on any atom is 0.322 e. The Hall–Kier alpha value is -2.36. The molecule has 4 rings (SSSR count). The van der Waals surface area contributed by atoms with Crippen LogP contribution in [0.1, 0.15) is 11.1 Å². The zero-order valence-electron chi connectivity index (χ0n) is 9.49. The number of nitrogens with one attached hydrogen (secondary N) is 2. The first-order chi connectivity index (χ1) is 8.71. The third-order valence-electron chi connectivity index (χ3n) is 3.85. The Morgan fingerprint density at radius 1 is 1.06 bits per heavy atom. The molecule has 1 saturated heterocycles. The van der Waals surface area contributed by atoms with Crippen LogP contribution in [0.25, 0.3) is 10.8 Å². The van der Waals surface area contributed by atoms with Crippen LogP contribution >= 0.6 is 0 Å². The van der Waals surface area contributed by atoms with Crippen molar-refractivity contribution < 1.29 is 9.59 Å². The van der Waals surface area contributed by atoms with Gasteiger partial charge in [-0.25, -0.2) is 4.79 Å². The van der Waals surface area contributed by atoms with Crippen LogP contribution in [0.4, 0.5) is 4.79 Å². The molecule has 18 heavy (non-hydrogen) atoms. The Kier molecular flexibility index (Phi) is 1.56. The lowest BCUT2D eigenvalue weighted by atomic mass is 9.91. The van der Waals surface area contributed by atoms with Gasteiger partial charge in [-0.15, -0.1) is 0 Å². The summed E-state index contributed by atoms with van der Waals surface area (Å²) in [6.45, 7) is 0. The van der Waals surface area contributed by atoms with Gasteiger partial charge in [-0.05, 0) is 21.9 Å². The summed E-state index contributed by atoms with van der Waals surface area (Å²) >= 11 is 0. The first-order valence-corrected chi connectivity index (χ1v) is 5.85. The highest BCUT2D eigenvalue weighted by molar-refractivity contribution is 6.11. The topological polar surface area (TPSA) is 58.2 Å². The Labute approximate surface area is 103 Å². The minimum atomic E-state index is -0.902. The third kappa shape index (κ3) is 0.960. The van der Waals surface area contributed by atoms with E-state index in [1.54, 1.807) is 0 Å². The van der Waals surface area contributed by atoms with Gasteiger partial charge in [0.25, 0.3) is 5.91 Å². The monoisotopic (exact) mass is 238 g/mol. The quantitative estimate of drug-likeness (QED) is 0.682. The summed E-state index contributed by atoms with van der Waals surface area (Å²) < 4.78 is 0. The van der Waals surface area contributed by atoms with Gasteiger partial charge in [-0.3, -0.25) is 10.1 Å². The molecule has 4 nitrogen and oxygen atoms in total. The van der Waals surface area contributed by atoms with Crippen molar-refractivity contribution in [3.63, 3.8) is 0 Å². The number of rotatable bonds is 0. The molecule has 0 unspecified atom stereocenters. The molecule has 1 fully saturated rings. The van der Waals surface area contributed by atoms with Gasteiger partial charge >= 0.3 is 6.03 Å². The molecule has 0 saturated carbocycles. The molecule has 2 N–H and O–H groups in total. The van der Waals surface area contributed by atoms with Gasteiger partial charge in [0.1, 0.15) is 0 Å². The molecule has 2 aromatic rings. The number of amides is 3. The van der Waals surface area contributed by atoms with Crippen molar-refractivity contribution in [2.24, 2.45) is 0 Å². The van der Waals surface area contributed by atoms with Crippen LogP contribution in [0.2, 0.25) is 0 Å². The first kappa shape index (κ1) is 9.65. The van der Waals surface area contributed by atoms with Crippen molar-refractivity contribution in [1.29, 1.82) is 0 Å². The first-order valence-electron chi connectivity index (χ1n) is 5.85. The van der Waals surface area contributed by atoms with Crippen LogP contribution in [-0.2, 0) is 16.8 Å². The van der Waals surface area contributed by atoms with E-state index < -0.39 is 11.6 Å². The average molecular weight is 238 g/mol. The Bertz CT molecular complexity index is 718. The minimum Gasteiger partial charge on any atom is -0.319 e. The van der Waals surface area contributed by atoms with E-state index in [4.69, 9.17) is 0 Å². The number of urea groups is 1. The van der Waals surface area contributed by atoms with Gasteiger partial charge in [-0.1, -0.05) is 36.4 Å². The van der Waals surface area contributed by atoms with Gasteiger partial charge in [0.15, 0.2) is 5.54 Å². The van der Waals surface area contributed by atoms with Gasteiger partial charge in [0.05, 0.1) is 0 Å². The molecule has 2 aliphatic rings. The summed E-state index contributed by atoms with van der Waals surface area (Å²) in [7, 11) is 0. The zero-order chi connectivity index (χ0) is 12.3. The van der Waals surface area contributed by atoms with E-state index in [0.29, 0.717) is 6.42 Å². The standard InChI is InChI=1S/C14H10N2O2/c17-12-14(16-13(18)15-12)7-9-5-1-3-8-4-2-6-10(14)11(8)9/h1-6H,7H2,(H2,15,16,17,18)/t14-/m0/s1. The smallest absolute Gasteiger partial charge is 0.319 e. The van der Waals surface area contributed by atoms with E-state index in [1.807, 2.05) is 36.4 Å². The molecular weight excluding hydrogens is 228 g/mol. The van der Waals surface area contributed by atoms with Crippen LogP contribution in [0.3, 0.4) is 0 Å². The number of carbonyl (C=O) groups is 2. The van der Waals surface area contributed by atoms with E-state index in [0.717, 1.165) is 21.9 Å². The maximum absolute atomic E-state index is 12.1. The molecular formula is C14H10N2O2. The normalized spacial score (nSPS) is 24.7. The van der Waals surface area contributed by atoms with Crippen LogP contribution in [0, 0.1) is 0 Å². The highest BCUT2D eigenvalue weighted by Crippen LogP contribution is 2.42. The fraction of sp³-hybridized carbons (Fsp3) is 0.143. The molecule has 2 aromatic carbocycles. The lowest BCUT2D eigenvalue weighted by molar-refractivity contribution is -0.124. The molecule has 1 spiro atoms. The SMILES string of the molecule is O=C1NC(=O)[C@@]2(Cc3cccc4cccc2c34)N1. The van der Waals surface area contributed by atoms with Crippen molar-refractivity contribution in [2.45, 2.75) is 12.0 Å². The fourth-order valence-corrected chi connectivity index (χ4v) is 3.11. The highest BCUT2D eigenvalue weighted by Gasteiger charge is 2.51. The van der Waals surface area contributed by atoms with Gasteiger partial charge in [-0.2, -0.15) is 0 Å². The van der Waals surface area contributed by atoms with Crippen LogP contribution in [0.5, 0.6) is 0 Å². The van der Waals surface area contributed by atoms with E-state index in [2.05, 4.69) is 10.6 Å². The number of hydrogen-bond donors (Lipinski definition) is 2. The lowest BCUT2D eigenvalue weighted by Gasteiger charge is -2.21. The zero-order valence-corrected chi connectivity index (χ0v) is 9.49. The highest BCUT2D eigenvalue weighted by atomic mass is 16.2. The molecule has 1 heterocycles. The third-order valence-corrected chi connectivity index (χ3v) is 3.85. The van der Waals surface area contributed by atoms with Crippen molar-refractivity contribution in [3.8, 4) is 0 Å². The number of hydrogen-bond acceptors (Lipinski definition) is 2. The largest absolute Gasteiger partial charge is 0.322 e. The summed E-state index contributed by atoms with van der Waals surface area (Å²) in [5.74, 6) is -0.254. The molecule has 1 aliphatic heterocycles. The minimum absolute atomic E-state index is 0.254. The molecule has 88 valence electrons. The van der Waals surface area contributed by atoms with Crippen LogP contribution in [-0.4, -0.2) is 11.9 Å². The summed E-state index contributed by atoms with van der Waals surface area (Å²) in [5.41, 5.74) is 1.11. The van der Waals surface area contributed by atoms with Crippen molar-refractivity contribution in [2.75, 3.05) is 0 Å². The second kappa shape index (κ2) is 2.90. The second-order valence-corrected chi connectivity index (χ2v) is 4.81. The molecule has 4 heteroatoms. The maximum atomic E-state index is 12.1. The van der Waals surface area contributed by atoms with E-state index in [1.165, 1.54) is 0 Å². The number of imide groups is 1. The Morgan fingerprint density at radius 3 is 2.56 bits per heavy atom. The van der Waals surface area contributed by atoms with E-state index in [-0.39, 0.29) is 5.91 Å². The number of benzene rings is 2. The summed E-state index contributed by atoms with van der Waals surface area (Å²) in [6.07, 6.45) is 0.529. The predicted molar refractivity (Wildman–Crippen MR) is 66.0 cm³/mol. The molecule has 3 amide bonds. The molecule has 0 radical (unpaired) electrons. The molecule has 1 atom stereocenters.